The maximum absolute atomic E-state index is 8.92. The molecule has 0 aliphatic carbocycles. The van der Waals surface area contributed by atoms with Crippen molar-refractivity contribution in [1.29, 1.82) is 0 Å². The van der Waals surface area contributed by atoms with Crippen molar-refractivity contribution in [2.24, 2.45) is 0 Å². The third-order valence-corrected chi connectivity index (χ3v) is 3.54. The summed E-state index contributed by atoms with van der Waals surface area (Å²) < 4.78 is 0. The summed E-state index contributed by atoms with van der Waals surface area (Å²) in [5.41, 5.74) is 2.36. The number of hydrogen-bond donors (Lipinski definition) is 2. The molecule has 1 atom stereocenters. The average molecular weight is 234 g/mol. The molecule has 0 radical (unpaired) electrons. The van der Waals surface area contributed by atoms with Gasteiger partial charge in [-0.05, 0) is 50.6 Å². The van der Waals surface area contributed by atoms with Crippen LogP contribution in [0, 0.1) is 0 Å². The van der Waals surface area contributed by atoms with E-state index in [9.17, 15) is 0 Å². The highest BCUT2D eigenvalue weighted by atomic mass is 16.2. The van der Waals surface area contributed by atoms with Crippen LogP contribution in [0.1, 0.15) is 18.4 Å². The van der Waals surface area contributed by atoms with Crippen LogP contribution in [-0.2, 0) is 6.42 Å². The van der Waals surface area contributed by atoms with E-state index in [4.69, 9.17) is 5.11 Å². The molecular formula is C14H22N2O. The standard InChI is InChI=1S/C14H22N2O/c1-16-8-3-6-14(16)11-15-13-5-2-4-12(10-13)7-9-17/h2,4-5,10,14-15,17H,3,6-9,11H2,1H3. The minimum atomic E-state index is 0.217. The van der Waals surface area contributed by atoms with Gasteiger partial charge in [-0.15, -0.1) is 0 Å². The van der Waals surface area contributed by atoms with Gasteiger partial charge in [0.05, 0.1) is 0 Å². The molecule has 0 amide bonds. The molecule has 17 heavy (non-hydrogen) atoms. The van der Waals surface area contributed by atoms with Crippen molar-refractivity contribution in [3.8, 4) is 0 Å². The lowest BCUT2D eigenvalue weighted by Gasteiger charge is -2.20. The summed E-state index contributed by atoms with van der Waals surface area (Å²) in [6.45, 7) is 2.45. The smallest absolute Gasteiger partial charge is 0.0471 e. The van der Waals surface area contributed by atoms with E-state index >= 15 is 0 Å². The largest absolute Gasteiger partial charge is 0.396 e. The van der Waals surface area contributed by atoms with E-state index in [1.165, 1.54) is 24.9 Å². The Morgan fingerprint density at radius 3 is 3.06 bits per heavy atom. The number of aliphatic hydroxyl groups excluding tert-OH is 1. The topological polar surface area (TPSA) is 35.5 Å². The molecule has 0 spiro atoms. The molecule has 1 aliphatic rings. The fraction of sp³-hybridized carbons (Fsp3) is 0.571. The van der Waals surface area contributed by atoms with Crippen LogP contribution in [0.25, 0.3) is 0 Å². The molecule has 0 aromatic heterocycles. The van der Waals surface area contributed by atoms with Crippen molar-refractivity contribution in [3.63, 3.8) is 0 Å². The summed E-state index contributed by atoms with van der Waals surface area (Å²) in [4.78, 5) is 2.42. The molecule has 1 aromatic carbocycles. The number of benzene rings is 1. The van der Waals surface area contributed by atoms with Crippen molar-refractivity contribution in [2.45, 2.75) is 25.3 Å². The van der Waals surface area contributed by atoms with Gasteiger partial charge in [-0.25, -0.2) is 0 Å². The van der Waals surface area contributed by atoms with E-state index in [2.05, 4.69) is 35.5 Å². The summed E-state index contributed by atoms with van der Waals surface area (Å²) >= 11 is 0. The van der Waals surface area contributed by atoms with E-state index in [1.807, 2.05) is 6.07 Å². The third-order valence-electron chi connectivity index (χ3n) is 3.54. The maximum atomic E-state index is 8.92. The Bertz CT molecular complexity index is 354. The number of rotatable bonds is 5. The SMILES string of the molecule is CN1CCCC1CNc1cccc(CCO)c1. The van der Waals surface area contributed by atoms with Crippen LogP contribution in [0.15, 0.2) is 24.3 Å². The minimum absolute atomic E-state index is 0.217. The van der Waals surface area contributed by atoms with E-state index in [-0.39, 0.29) is 6.61 Å². The fourth-order valence-corrected chi connectivity index (χ4v) is 2.44. The van der Waals surface area contributed by atoms with Crippen molar-refractivity contribution >= 4 is 5.69 Å². The predicted molar refractivity (Wildman–Crippen MR) is 71.4 cm³/mol. The quantitative estimate of drug-likeness (QED) is 0.814. The van der Waals surface area contributed by atoms with E-state index in [0.717, 1.165) is 18.7 Å². The Labute approximate surface area is 103 Å². The number of anilines is 1. The van der Waals surface area contributed by atoms with Crippen LogP contribution >= 0.6 is 0 Å². The summed E-state index contributed by atoms with van der Waals surface area (Å²) in [5.74, 6) is 0. The molecule has 0 bridgehead atoms. The van der Waals surface area contributed by atoms with Gasteiger partial charge in [-0.1, -0.05) is 12.1 Å². The lowest BCUT2D eigenvalue weighted by molar-refractivity contribution is 0.299. The van der Waals surface area contributed by atoms with Crippen LogP contribution in [0.5, 0.6) is 0 Å². The maximum Gasteiger partial charge on any atom is 0.0471 e. The van der Waals surface area contributed by atoms with Crippen LogP contribution in [0.2, 0.25) is 0 Å². The molecule has 1 aliphatic heterocycles. The molecule has 1 fully saturated rings. The summed E-state index contributed by atoms with van der Waals surface area (Å²) in [5, 5.41) is 12.4. The average Bonchev–Trinajstić information content (AvgIpc) is 2.73. The van der Waals surface area contributed by atoms with Gasteiger partial charge in [0.25, 0.3) is 0 Å². The lowest BCUT2D eigenvalue weighted by Crippen LogP contribution is -2.31. The van der Waals surface area contributed by atoms with Crippen molar-refractivity contribution in [1.82, 2.24) is 4.90 Å². The van der Waals surface area contributed by atoms with Crippen LogP contribution < -0.4 is 5.32 Å². The normalized spacial score (nSPS) is 20.7. The molecule has 3 heteroatoms. The number of aliphatic hydroxyl groups is 1. The van der Waals surface area contributed by atoms with Crippen molar-refractivity contribution < 1.29 is 5.11 Å². The molecule has 0 saturated carbocycles. The molecule has 2 N–H and O–H groups in total. The Morgan fingerprint density at radius 2 is 2.35 bits per heavy atom. The monoisotopic (exact) mass is 234 g/mol. The van der Waals surface area contributed by atoms with Gasteiger partial charge in [0.1, 0.15) is 0 Å². The fourth-order valence-electron chi connectivity index (χ4n) is 2.44. The van der Waals surface area contributed by atoms with Crippen LogP contribution in [0.4, 0.5) is 5.69 Å². The number of nitrogens with one attached hydrogen (secondary N) is 1. The molecule has 2 rings (SSSR count). The first kappa shape index (κ1) is 12.4. The summed E-state index contributed by atoms with van der Waals surface area (Å²) in [6.07, 6.45) is 3.34. The molecule has 3 nitrogen and oxygen atoms in total. The second-order valence-corrected chi connectivity index (χ2v) is 4.83. The van der Waals surface area contributed by atoms with E-state index < -0.39 is 0 Å². The number of hydrogen-bond acceptors (Lipinski definition) is 3. The van der Waals surface area contributed by atoms with Crippen molar-refractivity contribution in [2.75, 3.05) is 32.1 Å². The Kier molecular flexibility index (Phi) is 4.40. The minimum Gasteiger partial charge on any atom is -0.396 e. The Morgan fingerprint density at radius 1 is 1.47 bits per heavy atom. The lowest BCUT2D eigenvalue weighted by atomic mass is 10.1. The van der Waals surface area contributed by atoms with Gasteiger partial charge in [0, 0.05) is 24.9 Å². The van der Waals surface area contributed by atoms with Gasteiger partial charge in [0.15, 0.2) is 0 Å². The second kappa shape index (κ2) is 6.03. The number of likely N-dealkylation sites (N-methyl/N-ethyl adjacent to an activating group) is 1. The zero-order valence-electron chi connectivity index (χ0n) is 10.5. The van der Waals surface area contributed by atoms with E-state index in [1.54, 1.807) is 0 Å². The summed E-state index contributed by atoms with van der Waals surface area (Å²) in [6, 6.07) is 8.99. The highest BCUT2D eigenvalue weighted by Crippen LogP contribution is 2.16. The second-order valence-electron chi connectivity index (χ2n) is 4.83. The first-order chi connectivity index (χ1) is 8.29. The first-order valence-electron chi connectivity index (χ1n) is 6.43. The zero-order chi connectivity index (χ0) is 12.1. The Hall–Kier alpha value is -1.06. The molecule has 1 unspecified atom stereocenters. The highest BCUT2D eigenvalue weighted by molar-refractivity contribution is 5.45. The van der Waals surface area contributed by atoms with Crippen LogP contribution in [-0.4, -0.2) is 42.8 Å². The van der Waals surface area contributed by atoms with Gasteiger partial charge in [0.2, 0.25) is 0 Å². The Balaban J connectivity index is 1.87. The van der Waals surface area contributed by atoms with Crippen LogP contribution in [0.3, 0.4) is 0 Å². The first-order valence-corrected chi connectivity index (χ1v) is 6.43. The number of nitrogens with zero attached hydrogens (tertiary/aromatic N) is 1. The van der Waals surface area contributed by atoms with Crippen molar-refractivity contribution in [3.05, 3.63) is 29.8 Å². The van der Waals surface area contributed by atoms with Gasteiger partial charge < -0.3 is 15.3 Å². The van der Waals surface area contributed by atoms with Gasteiger partial charge >= 0.3 is 0 Å². The zero-order valence-corrected chi connectivity index (χ0v) is 10.5. The summed E-state index contributed by atoms with van der Waals surface area (Å²) in [7, 11) is 2.20. The predicted octanol–water partition coefficient (Wildman–Crippen LogP) is 1.73. The highest BCUT2D eigenvalue weighted by Gasteiger charge is 2.19. The molecule has 1 saturated heterocycles. The molecule has 1 aromatic rings. The molecule has 94 valence electrons. The van der Waals surface area contributed by atoms with Gasteiger partial charge in [-0.2, -0.15) is 0 Å². The third kappa shape index (κ3) is 3.45. The molecular weight excluding hydrogens is 212 g/mol. The van der Waals surface area contributed by atoms with E-state index in [0.29, 0.717) is 6.04 Å². The molecule has 1 heterocycles. The number of likely N-dealkylation sites (tertiary alicyclic amines) is 1. The van der Waals surface area contributed by atoms with Gasteiger partial charge in [-0.3, -0.25) is 0 Å².